The average molecular weight is 694 g/mol. The van der Waals surface area contributed by atoms with Gasteiger partial charge in [0.1, 0.15) is 11.4 Å². The summed E-state index contributed by atoms with van der Waals surface area (Å²) in [5, 5.41) is 8.41. The summed E-state index contributed by atoms with van der Waals surface area (Å²) in [4.78, 5) is 53.4. The zero-order valence-corrected chi connectivity index (χ0v) is 28.8. The van der Waals surface area contributed by atoms with Crippen LogP contribution in [-0.4, -0.2) is 32.8 Å². The second kappa shape index (κ2) is 15.9. The van der Waals surface area contributed by atoms with Crippen molar-refractivity contribution < 1.29 is 14.4 Å². The van der Waals surface area contributed by atoms with E-state index in [0.717, 1.165) is 21.6 Å². The van der Waals surface area contributed by atoms with Crippen molar-refractivity contribution in [2.75, 3.05) is 16.4 Å². The molecule has 5 aromatic carbocycles. The lowest BCUT2D eigenvalue weighted by atomic mass is 10.0. The minimum atomic E-state index is -0.495. The Bertz CT molecular complexity index is 2250. The first-order valence-electron chi connectivity index (χ1n) is 16.2. The van der Waals surface area contributed by atoms with Crippen LogP contribution < -0.4 is 21.5 Å². The van der Waals surface area contributed by atoms with Crippen LogP contribution in [0.4, 0.5) is 11.4 Å². The quantitative estimate of drug-likeness (QED) is 0.0975. The van der Waals surface area contributed by atoms with E-state index in [1.54, 1.807) is 73.3 Å². The van der Waals surface area contributed by atoms with Gasteiger partial charge in [0.05, 0.1) is 17.1 Å². The van der Waals surface area contributed by atoms with E-state index in [0.29, 0.717) is 22.6 Å². The maximum Gasteiger partial charge on any atom is 0.295 e. The maximum absolute atomic E-state index is 13.5. The van der Waals surface area contributed by atoms with E-state index >= 15 is 0 Å². The van der Waals surface area contributed by atoms with Crippen LogP contribution in [-0.2, 0) is 16.6 Å². The molecule has 0 aliphatic carbocycles. The van der Waals surface area contributed by atoms with E-state index in [1.807, 2.05) is 91.0 Å². The molecule has 0 radical (unpaired) electrons. The lowest BCUT2D eigenvalue weighted by molar-refractivity contribution is -0.114. The Balaban J connectivity index is 1.11. The number of hydrogen-bond acceptors (Lipinski definition) is 5. The number of nitrogens with zero attached hydrogens (tertiary/aromatic N) is 2. The molecule has 0 unspecified atom stereocenters. The van der Waals surface area contributed by atoms with Crippen LogP contribution in [0.3, 0.4) is 0 Å². The highest BCUT2D eigenvalue weighted by atomic mass is 32.2. The Morgan fingerprint density at radius 1 is 0.706 bits per heavy atom. The number of thioether (sulfide) groups is 1. The average Bonchev–Trinajstić information content (AvgIpc) is 3.37. The van der Waals surface area contributed by atoms with Gasteiger partial charge in [0.2, 0.25) is 5.91 Å². The van der Waals surface area contributed by atoms with Crippen molar-refractivity contribution in [3.8, 4) is 16.8 Å². The second-order valence-electron chi connectivity index (χ2n) is 11.6. The molecule has 6 aromatic rings. The molecule has 1 aromatic heterocycles. The number of carbonyl (C=O) groups excluding carboxylic acids is 3. The van der Waals surface area contributed by atoms with Crippen molar-refractivity contribution in [3.63, 3.8) is 0 Å². The first-order chi connectivity index (χ1) is 24.8. The molecule has 0 aliphatic heterocycles. The molecule has 10 heteroatoms. The molecule has 0 bridgehead atoms. The summed E-state index contributed by atoms with van der Waals surface area (Å²) in [6, 6.07) is 42.6. The third kappa shape index (κ3) is 8.44. The maximum atomic E-state index is 13.5. The molecular weight excluding hydrogens is 659 g/mol. The van der Waals surface area contributed by atoms with Crippen LogP contribution in [0.15, 0.2) is 155 Å². The molecule has 0 spiro atoms. The lowest BCUT2D eigenvalue weighted by Gasteiger charge is -2.12. The van der Waals surface area contributed by atoms with Crippen LogP contribution in [0.2, 0.25) is 0 Å². The van der Waals surface area contributed by atoms with Crippen molar-refractivity contribution in [2.24, 2.45) is 7.05 Å². The van der Waals surface area contributed by atoms with Crippen LogP contribution in [0, 0.1) is 6.92 Å². The van der Waals surface area contributed by atoms with Gasteiger partial charge in [-0.2, -0.15) is 0 Å². The van der Waals surface area contributed by atoms with Crippen LogP contribution in [0.5, 0.6) is 0 Å². The van der Waals surface area contributed by atoms with Crippen molar-refractivity contribution >= 4 is 46.9 Å². The number of nitrogens with one attached hydrogen (secondary N) is 3. The molecule has 0 atom stereocenters. The molecule has 0 saturated carbocycles. The molecule has 254 valence electrons. The van der Waals surface area contributed by atoms with Gasteiger partial charge in [-0.3, -0.25) is 23.9 Å². The number of benzene rings is 5. The van der Waals surface area contributed by atoms with Gasteiger partial charge in [-0.25, -0.2) is 4.68 Å². The fraction of sp³-hybridized carbons (Fsp3) is 0.0732. The minimum absolute atomic E-state index is 0.0757. The zero-order valence-electron chi connectivity index (χ0n) is 28.0. The summed E-state index contributed by atoms with van der Waals surface area (Å²) >= 11 is 1.30. The van der Waals surface area contributed by atoms with Crippen LogP contribution in [0.1, 0.15) is 21.6 Å². The smallest absolute Gasteiger partial charge is 0.295 e. The first kappa shape index (κ1) is 34.5. The van der Waals surface area contributed by atoms with Crippen molar-refractivity contribution in [3.05, 3.63) is 172 Å². The molecule has 0 saturated heterocycles. The van der Waals surface area contributed by atoms with E-state index in [4.69, 9.17) is 0 Å². The number of aromatic nitrogens is 2. The Morgan fingerprint density at radius 2 is 1.29 bits per heavy atom. The molecule has 3 amide bonds. The Morgan fingerprint density at radius 3 is 1.94 bits per heavy atom. The third-order valence-electron chi connectivity index (χ3n) is 8.16. The van der Waals surface area contributed by atoms with Gasteiger partial charge in [-0.05, 0) is 78.2 Å². The molecule has 51 heavy (non-hydrogen) atoms. The molecular formula is C41H35N5O4S. The SMILES string of the molecule is Cc1c(NC(=O)CSc2ccc(NC(=O)/C(=C/c3ccc(-c4ccccc4)cc3)NC(=O)c3ccccc3)cc2)c(=O)n(-c2ccccc2)n1C. The Kier molecular flexibility index (Phi) is 10.7. The Labute approximate surface area is 299 Å². The number of amides is 3. The topological polar surface area (TPSA) is 114 Å². The van der Waals surface area contributed by atoms with Crippen LogP contribution in [0.25, 0.3) is 22.9 Å². The first-order valence-corrected chi connectivity index (χ1v) is 17.2. The highest BCUT2D eigenvalue weighted by Gasteiger charge is 2.19. The fourth-order valence-corrected chi connectivity index (χ4v) is 6.08. The van der Waals surface area contributed by atoms with E-state index < -0.39 is 11.8 Å². The molecule has 6 rings (SSSR count). The standard InChI is InChI=1S/C41H35N5O4S/c1-28-38(41(50)46(45(28)2)34-16-10-5-11-17-34)44-37(47)27-51-35-24-22-33(23-25-35)42-40(49)36(43-39(48)32-14-8-4-9-15-32)26-29-18-20-31(21-19-29)30-12-6-3-7-13-30/h3-26H,27H2,1-2H3,(H,42,49)(H,43,48)(H,44,47)/b36-26-. The van der Waals surface area contributed by atoms with Crippen molar-refractivity contribution in [1.82, 2.24) is 14.7 Å². The molecule has 9 nitrogen and oxygen atoms in total. The third-order valence-corrected chi connectivity index (χ3v) is 9.17. The highest BCUT2D eigenvalue weighted by molar-refractivity contribution is 8.00. The normalized spacial score (nSPS) is 11.1. The van der Waals surface area contributed by atoms with Crippen molar-refractivity contribution in [1.29, 1.82) is 0 Å². The minimum Gasteiger partial charge on any atom is -0.321 e. The zero-order chi connectivity index (χ0) is 35.7. The number of carbonyl (C=O) groups is 3. The number of anilines is 2. The molecule has 0 aliphatic rings. The summed E-state index contributed by atoms with van der Waals surface area (Å²) in [5.41, 5.74) is 5.12. The fourth-order valence-electron chi connectivity index (χ4n) is 5.38. The van der Waals surface area contributed by atoms with Gasteiger partial charge in [0.15, 0.2) is 0 Å². The number of para-hydroxylation sites is 1. The monoisotopic (exact) mass is 693 g/mol. The molecule has 3 N–H and O–H groups in total. The van der Waals surface area contributed by atoms with E-state index in [1.165, 1.54) is 16.4 Å². The van der Waals surface area contributed by atoms with Crippen molar-refractivity contribution in [2.45, 2.75) is 11.8 Å². The van der Waals surface area contributed by atoms with Gasteiger partial charge < -0.3 is 16.0 Å². The van der Waals surface area contributed by atoms with E-state index in [-0.39, 0.29) is 28.6 Å². The predicted molar refractivity (Wildman–Crippen MR) is 204 cm³/mol. The number of hydrogen-bond donors (Lipinski definition) is 3. The van der Waals surface area contributed by atoms with E-state index in [9.17, 15) is 19.2 Å². The summed E-state index contributed by atoms with van der Waals surface area (Å²) in [5.74, 6) is -1.14. The van der Waals surface area contributed by atoms with Gasteiger partial charge >= 0.3 is 0 Å². The summed E-state index contributed by atoms with van der Waals surface area (Å²) in [6.07, 6.45) is 1.64. The van der Waals surface area contributed by atoms with Gasteiger partial charge in [0, 0.05) is 23.2 Å². The van der Waals surface area contributed by atoms with Gasteiger partial charge in [-0.1, -0.05) is 91.0 Å². The molecule has 1 heterocycles. The largest absolute Gasteiger partial charge is 0.321 e. The van der Waals surface area contributed by atoms with Crippen LogP contribution >= 0.6 is 11.8 Å². The van der Waals surface area contributed by atoms with Gasteiger partial charge in [-0.15, -0.1) is 11.8 Å². The van der Waals surface area contributed by atoms with E-state index in [2.05, 4.69) is 16.0 Å². The second-order valence-corrected chi connectivity index (χ2v) is 12.7. The summed E-state index contributed by atoms with van der Waals surface area (Å²) < 4.78 is 3.23. The summed E-state index contributed by atoms with van der Waals surface area (Å²) in [7, 11) is 1.77. The highest BCUT2D eigenvalue weighted by Crippen LogP contribution is 2.23. The van der Waals surface area contributed by atoms with Gasteiger partial charge in [0.25, 0.3) is 17.4 Å². The Hall–Kier alpha value is -6.39. The summed E-state index contributed by atoms with van der Waals surface area (Å²) in [6.45, 7) is 1.78. The predicted octanol–water partition coefficient (Wildman–Crippen LogP) is 7.29. The molecule has 0 fully saturated rings. The number of rotatable bonds is 11. The lowest BCUT2D eigenvalue weighted by Crippen LogP contribution is -2.30.